The van der Waals surface area contributed by atoms with Crippen molar-refractivity contribution in [2.24, 2.45) is 0 Å². The minimum atomic E-state index is -3.81. The van der Waals surface area contributed by atoms with Gasteiger partial charge < -0.3 is 14.7 Å². The molecule has 3 aromatic rings. The molecule has 1 aliphatic heterocycles. The lowest BCUT2D eigenvalue weighted by molar-refractivity contribution is -0.123. The van der Waals surface area contributed by atoms with Crippen LogP contribution < -0.4 is 14.4 Å². The summed E-state index contributed by atoms with van der Waals surface area (Å²) in [4.78, 5) is 17.8. The van der Waals surface area contributed by atoms with Gasteiger partial charge in [-0.25, -0.2) is 13.4 Å². The van der Waals surface area contributed by atoms with Gasteiger partial charge in [0.15, 0.2) is 16.6 Å². The van der Waals surface area contributed by atoms with Crippen LogP contribution in [0.5, 0.6) is 11.5 Å². The normalized spacial score (nSPS) is 18.7. The van der Waals surface area contributed by atoms with Gasteiger partial charge in [0.05, 0.1) is 18.0 Å². The van der Waals surface area contributed by atoms with E-state index in [0.717, 1.165) is 0 Å². The zero-order valence-corrected chi connectivity index (χ0v) is 17.9. The van der Waals surface area contributed by atoms with Crippen molar-refractivity contribution >= 4 is 49.7 Å². The van der Waals surface area contributed by atoms with Crippen molar-refractivity contribution < 1.29 is 23.1 Å². The first-order chi connectivity index (χ1) is 14.3. The molecule has 2 atom stereocenters. The van der Waals surface area contributed by atoms with Crippen molar-refractivity contribution in [3.8, 4) is 11.5 Å². The summed E-state index contributed by atoms with van der Waals surface area (Å²) in [7, 11) is -2.38. The number of anilines is 2. The smallest absolute Gasteiger partial charge is 0.263 e. The van der Waals surface area contributed by atoms with Crippen LogP contribution >= 0.6 is 22.9 Å². The third-order valence-electron chi connectivity index (χ3n) is 4.68. The van der Waals surface area contributed by atoms with Crippen molar-refractivity contribution in [1.29, 1.82) is 0 Å². The maximum absolute atomic E-state index is 12.5. The fourth-order valence-corrected chi connectivity index (χ4v) is 5.36. The number of alkyl halides is 1. The van der Waals surface area contributed by atoms with Crippen LogP contribution in [0, 0.1) is 0 Å². The molecule has 2 aromatic carbocycles. The minimum absolute atomic E-state index is 0.0256. The standard InChI is InChI=1S/C19H16ClN3O5S2/c1-28-14-4-2-3-13(17(14)24)16-15(20)18(25)23(16)11-5-7-12(8-6-11)30(26,27)22-19-21-9-10-29-19/h2-10,15-16,24H,1H3,(H,21,22). The highest BCUT2D eigenvalue weighted by molar-refractivity contribution is 7.93. The summed E-state index contributed by atoms with van der Waals surface area (Å²) in [5, 5.41) is 11.5. The number of carbonyl (C=O) groups is 1. The van der Waals surface area contributed by atoms with E-state index in [2.05, 4.69) is 9.71 Å². The second-order valence-electron chi connectivity index (χ2n) is 6.39. The zero-order valence-electron chi connectivity index (χ0n) is 15.5. The Balaban J connectivity index is 1.63. The predicted octanol–water partition coefficient (Wildman–Crippen LogP) is 3.35. The van der Waals surface area contributed by atoms with Gasteiger partial charge in [0, 0.05) is 22.8 Å². The maximum atomic E-state index is 12.5. The Morgan fingerprint density at radius 3 is 2.60 bits per heavy atom. The number of hydrogen-bond donors (Lipinski definition) is 2. The van der Waals surface area contributed by atoms with Gasteiger partial charge in [0.2, 0.25) is 5.91 Å². The fraction of sp³-hybridized carbons (Fsp3) is 0.158. The summed E-state index contributed by atoms with van der Waals surface area (Å²) in [5.41, 5.74) is 0.897. The van der Waals surface area contributed by atoms with Gasteiger partial charge in [-0.3, -0.25) is 9.52 Å². The number of halogens is 1. The van der Waals surface area contributed by atoms with Crippen LogP contribution in [-0.2, 0) is 14.8 Å². The van der Waals surface area contributed by atoms with Crippen molar-refractivity contribution in [2.75, 3.05) is 16.7 Å². The number of amides is 1. The van der Waals surface area contributed by atoms with E-state index in [1.165, 1.54) is 53.8 Å². The summed E-state index contributed by atoms with van der Waals surface area (Å²) in [6.07, 6.45) is 1.50. The number of carbonyl (C=O) groups excluding carboxylic acids is 1. The number of rotatable bonds is 6. The monoisotopic (exact) mass is 465 g/mol. The van der Waals surface area contributed by atoms with Crippen LogP contribution in [0.1, 0.15) is 11.6 Å². The molecule has 11 heteroatoms. The Morgan fingerprint density at radius 1 is 1.23 bits per heavy atom. The van der Waals surface area contributed by atoms with Crippen molar-refractivity contribution in [3.63, 3.8) is 0 Å². The Bertz CT molecular complexity index is 1180. The summed E-state index contributed by atoms with van der Waals surface area (Å²) >= 11 is 7.41. The predicted molar refractivity (Wildman–Crippen MR) is 114 cm³/mol. The van der Waals surface area contributed by atoms with Crippen molar-refractivity contribution in [1.82, 2.24) is 4.98 Å². The third kappa shape index (κ3) is 3.47. The maximum Gasteiger partial charge on any atom is 0.263 e. The van der Waals surface area contributed by atoms with Gasteiger partial charge >= 0.3 is 0 Å². The molecule has 8 nitrogen and oxygen atoms in total. The molecule has 4 rings (SSSR count). The first-order valence-corrected chi connectivity index (χ1v) is 11.5. The van der Waals surface area contributed by atoms with E-state index in [4.69, 9.17) is 16.3 Å². The average Bonchev–Trinajstić information content (AvgIpc) is 3.24. The highest BCUT2D eigenvalue weighted by Crippen LogP contribution is 2.47. The van der Waals surface area contributed by atoms with E-state index in [0.29, 0.717) is 11.3 Å². The van der Waals surface area contributed by atoms with Crippen LogP contribution in [0.25, 0.3) is 0 Å². The molecule has 2 heterocycles. The highest BCUT2D eigenvalue weighted by atomic mass is 35.5. The van der Waals surface area contributed by atoms with Crippen LogP contribution in [-0.4, -0.2) is 36.9 Å². The van der Waals surface area contributed by atoms with Gasteiger partial charge in [-0.2, -0.15) is 0 Å². The number of sulfonamides is 1. The number of phenolic OH excluding ortho intramolecular Hbond substituents is 1. The summed E-state index contributed by atoms with van der Waals surface area (Å²) < 4.78 is 32.5. The van der Waals surface area contributed by atoms with Gasteiger partial charge in [-0.15, -0.1) is 22.9 Å². The van der Waals surface area contributed by atoms with Crippen LogP contribution in [0.2, 0.25) is 0 Å². The molecule has 0 radical (unpaired) electrons. The number of thiazole rings is 1. The van der Waals surface area contributed by atoms with Gasteiger partial charge in [0.25, 0.3) is 10.0 Å². The SMILES string of the molecule is COc1cccc(C2C(Cl)C(=O)N2c2ccc(S(=O)(=O)Nc3nccs3)cc2)c1O. The molecule has 156 valence electrons. The lowest BCUT2D eigenvalue weighted by Crippen LogP contribution is -2.56. The number of methoxy groups -OCH3 is 1. The molecule has 1 amide bonds. The van der Waals surface area contributed by atoms with Gasteiger partial charge in [0.1, 0.15) is 5.38 Å². The molecule has 2 unspecified atom stereocenters. The number of β-lactam (4-membered cyclic amide) rings is 1. The van der Waals surface area contributed by atoms with E-state index in [9.17, 15) is 18.3 Å². The first-order valence-electron chi connectivity index (χ1n) is 8.69. The molecule has 0 saturated carbocycles. The molecule has 30 heavy (non-hydrogen) atoms. The highest BCUT2D eigenvalue weighted by Gasteiger charge is 2.49. The molecule has 2 N–H and O–H groups in total. The summed E-state index contributed by atoms with van der Waals surface area (Å²) in [6.45, 7) is 0. The van der Waals surface area contributed by atoms with E-state index in [1.807, 2.05) is 0 Å². The first kappa shape index (κ1) is 20.5. The molecule has 1 aliphatic rings. The largest absolute Gasteiger partial charge is 0.504 e. The molecule has 1 aromatic heterocycles. The second kappa shape index (κ2) is 7.78. The number of hydrogen-bond acceptors (Lipinski definition) is 7. The molecular formula is C19H16ClN3O5S2. The summed E-state index contributed by atoms with van der Waals surface area (Å²) in [6, 6.07) is 10.1. The van der Waals surface area contributed by atoms with E-state index in [-0.39, 0.29) is 27.4 Å². The van der Waals surface area contributed by atoms with Crippen LogP contribution in [0.4, 0.5) is 10.8 Å². The van der Waals surface area contributed by atoms with Gasteiger partial charge in [-0.05, 0) is 30.3 Å². The number of aromatic nitrogens is 1. The minimum Gasteiger partial charge on any atom is -0.504 e. The fourth-order valence-electron chi connectivity index (χ4n) is 3.21. The van der Waals surface area contributed by atoms with Crippen molar-refractivity contribution in [3.05, 3.63) is 59.6 Å². The average molecular weight is 466 g/mol. The topological polar surface area (TPSA) is 109 Å². The Labute approximate surface area is 181 Å². The number of phenols is 1. The van der Waals surface area contributed by atoms with E-state index in [1.54, 1.807) is 23.6 Å². The third-order valence-corrected chi connectivity index (χ3v) is 7.27. The molecule has 0 spiro atoms. The number of nitrogens with one attached hydrogen (secondary N) is 1. The van der Waals surface area contributed by atoms with Crippen molar-refractivity contribution in [2.45, 2.75) is 16.3 Å². The van der Waals surface area contributed by atoms with Crippen LogP contribution in [0.3, 0.4) is 0 Å². The van der Waals surface area contributed by atoms with E-state index >= 15 is 0 Å². The number of nitrogens with zero attached hydrogens (tertiary/aromatic N) is 2. The molecule has 0 bridgehead atoms. The summed E-state index contributed by atoms with van der Waals surface area (Å²) in [5.74, 6) is -0.175. The van der Waals surface area contributed by atoms with Gasteiger partial charge in [-0.1, -0.05) is 12.1 Å². The molecule has 0 aliphatic carbocycles. The molecule has 1 fully saturated rings. The number of para-hydroxylation sites is 1. The second-order valence-corrected chi connectivity index (χ2v) is 9.44. The number of aromatic hydroxyl groups is 1. The quantitative estimate of drug-likeness (QED) is 0.427. The Hall–Kier alpha value is -2.82. The lowest BCUT2D eigenvalue weighted by atomic mass is 9.91. The Morgan fingerprint density at radius 2 is 1.97 bits per heavy atom. The Kier molecular flexibility index (Phi) is 5.31. The molecular weight excluding hydrogens is 450 g/mol. The van der Waals surface area contributed by atoms with Crippen LogP contribution in [0.15, 0.2) is 58.9 Å². The van der Waals surface area contributed by atoms with E-state index < -0.39 is 21.4 Å². The molecule has 1 saturated heterocycles. The number of benzene rings is 2. The number of ether oxygens (including phenoxy) is 1. The zero-order chi connectivity index (χ0) is 21.5. The lowest BCUT2D eigenvalue weighted by Gasteiger charge is -2.44.